The predicted molar refractivity (Wildman–Crippen MR) is 101 cm³/mol. The van der Waals surface area contributed by atoms with Crippen LogP contribution >= 0.6 is 0 Å². The van der Waals surface area contributed by atoms with Gasteiger partial charge in [-0.3, -0.25) is 14.6 Å². The summed E-state index contributed by atoms with van der Waals surface area (Å²) >= 11 is 0. The van der Waals surface area contributed by atoms with Gasteiger partial charge in [0.2, 0.25) is 0 Å². The Morgan fingerprint density at radius 1 is 1.15 bits per heavy atom. The topological polar surface area (TPSA) is 84.7 Å². The number of urea groups is 1. The molecular formula is C19H22N6O. The lowest BCUT2D eigenvalue weighted by molar-refractivity contribution is 0.244. The molecule has 0 radical (unpaired) electrons. The van der Waals surface area contributed by atoms with Gasteiger partial charge >= 0.3 is 6.03 Å². The van der Waals surface area contributed by atoms with E-state index in [0.717, 1.165) is 29.5 Å². The van der Waals surface area contributed by atoms with Crippen molar-refractivity contribution in [2.45, 2.75) is 38.1 Å². The van der Waals surface area contributed by atoms with Crippen molar-refractivity contribution in [3.63, 3.8) is 0 Å². The number of anilines is 1. The van der Waals surface area contributed by atoms with Crippen LogP contribution in [0.4, 0.5) is 10.5 Å². The standard InChI is InChI=1S/C19H22N6O/c1-25-12-14(11-22-25)13-9-17-18(21-10-13)16(7-8-20-17)24-19(26)23-15-5-3-2-4-6-15/h7-12,15H,2-6H2,1H3,(H2,20,23,24,26). The van der Waals surface area contributed by atoms with Gasteiger partial charge in [0.15, 0.2) is 0 Å². The summed E-state index contributed by atoms with van der Waals surface area (Å²) in [6, 6.07) is 3.83. The number of carbonyl (C=O) groups is 1. The number of carbonyl (C=O) groups excluding carboxylic acids is 1. The lowest BCUT2D eigenvalue weighted by Gasteiger charge is -2.23. The predicted octanol–water partition coefficient (Wildman–Crippen LogP) is 3.48. The van der Waals surface area contributed by atoms with Crippen molar-refractivity contribution in [1.82, 2.24) is 25.1 Å². The van der Waals surface area contributed by atoms with Crippen molar-refractivity contribution in [1.29, 1.82) is 0 Å². The molecule has 0 aliphatic heterocycles. The maximum absolute atomic E-state index is 12.3. The van der Waals surface area contributed by atoms with Gasteiger partial charge in [-0.2, -0.15) is 5.10 Å². The van der Waals surface area contributed by atoms with Crippen LogP contribution in [-0.2, 0) is 7.05 Å². The van der Waals surface area contributed by atoms with Gasteiger partial charge in [0.25, 0.3) is 0 Å². The van der Waals surface area contributed by atoms with Crippen LogP contribution in [0.2, 0.25) is 0 Å². The molecule has 0 bridgehead atoms. The van der Waals surface area contributed by atoms with Gasteiger partial charge in [0.05, 0.1) is 17.4 Å². The highest BCUT2D eigenvalue weighted by Crippen LogP contribution is 2.25. The number of aryl methyl sites for hydroxylation is 1. The number of hydrogen-bond acceptors (Lipinski definition) is 4. The Morgan fingerprint density at radius 3 is 2.77 bits per heavy atom. The van der Waals surface area contributed by atoms with E-state index in [4.69, 9.17) is 0 Å². The second kappa shape index (κ2) is 7.11. The van der Waals surface area contributed by atoms with E-state index in [9.17, 15) is 4.79 Å². The van der Waals surface area contributed by atoms with Crippen molar-refractivity contribution in [3.8, 4) is 11.1 Å². The zero-order chi connectivity index (χ0) is 17.9. The summed E-state index contributed by atoms with van der Waals surface area (Å²) < 4.78 is 1.75. The SMILES string of the molecule is Cn1cc(-c2cnc3c(NC(=O)NC4CCCCC4)ccnc3c2)cn1. The zero-order valence-corrected chi connectivity index (χ0v) is 14.8. The van der Waals surface area contributed by atoms with Crippen molar-refractivity contribution < 1.29 is 4.79 Å². The Bertz CT molecular complexity index is 929. The molecule has 7 heteroatoms. The molecule has 7 nitrogen and oxygen atoms in total. The quantitative estimate of drug-likeness (QED) is 0.757. The lowest BCUT2D eigenvalue weighted by atomic mass is 9.96. The summed E-state index contributed by atoms with van der Waals surface area (Å²) in [6.45, 7) is 0. The Labute approximate surface area is 151 Å². The highest BCUT2D eigenvalue weighted by molar-refractivity contribution is 5.99. The Kier molecular flexibility index (Phi) is 4.51. The van der Waals surface area contributed by atoms with E-state index >= 15 is 0 Å². The summed E-state index contributed by atoms with van der Waals surface area (Å²) in [6.07, 6.45) is 12.9. The highest BCUT2D eigenvalue weighted by Gasteiger charge is 2.16. The molecule has 0 aromatic carbocycles. The smallest absolute Gasteiger partial charge is 0.319 e. The van der Waals surface area contributed by atoms with Crippen LogP contribution in [0.5, 0.6) is 0 Å². The Hall–Kier alpha value is -2.96. The minimum Gasteiger partial charge on any atom is -0.335 e. The largest absolute Gasteiger partial charge is 0.335 e. The van der Waals surface area contributed by atoms with Gasteiger partial charge in [0.1, 0.15) is 5.52 Å². The first-order valence-electron chi connectivity index (χ1n) is 9.00. The van der Waals surface area contributed by atoms with Crippen LogP contribution in [-0.4, -0.2) is 31.8 Å². The van der Waals surface area contributed by atoms with E-state index in [1.54, 1.807) is 29.3 Å². The van der Waals surface area contributed by atoms with E-state index in [1.165, 1.54) is 19.3 Å². The molecule has 134 valence electrons. The van der Waals surface area contributed by atoms with Gasteiger partial charge in [-0.15, -0.1) is 0 Å². The molecule has 1 fully saturated rings. The third-order valence-electron chi connectivity index (χ3n) is 4.80. The first-order valence-corrected chi connectivity index (χ1v) is 9.00. The number of hydrogen-bond donors (Lipinski definition) is 2. The Morgan fingerprint density at radius 2 is 2.00 bits per heavy atom. The summed E-state index contributed by atoms with van der Waals surface area (Å²) in [4.78, 5) is 21.3. The van der Waals surface area contributed by atoms with Crippen LogP contribution in [0.15, 0.2) is 36.9 Å². The minimum atomic E-state index is -0.178. The average molecular weight is 350 g/mol. The summed E-state index contributed by atoms with van der Waals surface area (Å²) in [7, 11) is 1.88. The highest BCUT2D eigenvalue weighted by atomic mass is 16.2. The van der Waals surface area contributed by atoms with Crippen molar-refractivity contribution in [3.05, 3.63) is 36.9 Å². The summed E-state index contributed by atoms with van der Waals surface area (Å²) in [5.74, 6) is 0. The summed E-state index contributed by atoms with van der Waals surface area (Å²) in [5, 5.41) is 10.2. The monoisotopic (exact) mass is 350 g/mol. The Balaban J connectivity index is 1.54. The van der Waals surface area contributed by atoms with E-state index < -0.39 is 0 Å². The second-order valence-electron chi connectivity index (χ2n) is 6.79. The third-order valence-corrected chi connectivity index (χ3v) is 4.80. The number of rotatable bonds is 3. The number of amides is 2. The average Bonchev–Trinajstić information content (AvgIpc) is 3.09. The number of nitrogens with zero attached hydrogens (tertiary/aromatic N) is 4. The van der Waals surface area contributed by atoms with Crippen LogP contribution in [0.3, 0.4) is 0 Å². The maximum Gasteiger partial charge on any atom is 0.319 e. The first-order chi connectivity index (χ1) is 12.7. The molecule has 0 unspecified atom stereocenters. The number of pyridine rings is 2. The molecule has 2 N–H and O–H groups in total. The van der Waals surface area contributed by atoms with Gasteiger partial charge in [-0.05, 0) is 25.0 Å². The van der Waals surface area contributed by atoms with E-state index in [2.05, 4.69) is 25.7 Å². The third kappa shape index (κ3) is 3.51. The molecule has 0 saturated heterocycles. The molecule has 0 atom stereocenters. The molecular weight excluding hydrogens is 328 g/mol. The van der Waals surface area contributed by atoms with E-state index in [1.807, 2.05) is 19.3 Å². The van der Waals surface area contributed by atoms with Crippen LogP contribution in [0.25, 0.3) is 22.2 Å². The number of nitrogens with one attached hydrogen (secondary N) is 2. The van der Waals surface area contributed by atoms with Crippen molar-refractivity contribution >= 4 is 22.8 Å². The fourth-order valence-electron chi connectivity index (χ4n) is 3.45. The molecule has 0 spiro atoms. The lowest BCUT2D eigenvalue weighted by Crippen LogP contribution is -2.39. The van der Waals surface area contributed by atoms with E-state index in [0.29, 0.717) is 11.2 Å². The zero-order valence-electron chi connectivity index (χ0n) is 14.8. The fourth-order valence-corrected chi connectivity index (χ4v) is 3.45. The fraction of sp³-hybridized carbons (Fsp3) is 0.368. The van der Waals surface area contributed by atoms with Crippen LogP contribution in [0, 0.1) is 0 Å². The molecule has 1 aliphatic rings. The molecule has 26 heavy (non-hydrogen) atoms. The molecule has 3 aromatic rings. The van der Waals surface area contributed by atoms with Gasteiger partial charge in [0, 0.05) is 42.8 Å². The van der Waals surface area contributed by atoms with Crippen molar-refractivity contribution in [2.75, 3.05) is 5.32 Å². The van der Waals surface area contributed by atoms with Crippen LogP contribution < -0.4 is 10.6 Å². The van der Waals surface area contributed by atoms with Gasteiger partial charge in [-0.1, -0.05) is 19.3 Å². The maximum atomic E-state index is 12.3. The summed E-state index contributed by atoms with van der Waals surface area (Å²) in [5.41, 5.74) is 4.01. The van der Waals surface area contributed by atoms with Gasteiger partial charge in [-0.25, -0.2) is 4.79 Å². The number of fused-ring (bicyclic) bond motifs is 1. The molecule has 1 aliphatic carbocycles. The normalized spacial score (nSPS) is 15.1. The van der Waals surface area contributed by atoms with E-state index in [-0.39, 0.29) is 12.1 Å². The van der Waals surface area contributed by atoms with Gasteiger partial charge < -0.3 is 10.6 Å². The first kappa shape index (κ1) is 16.5. The van der Waals surface area contributed by atoms with Crippen LogP contribution in [0.1, 0.15) is 32.1 Å². The minimum absolute atomic E-state index is 0.178. The second-order valence-corrected chi connectivity index (χ2v) is 6.79. The molecule has 4 rings (SSSR count). The number of aromatic nitrogens is 4. The van der Waals surface area contributed by atoms with Crippen molar-refractivity contribution in [2.24, 2.45) is 7.05 Å². The molecule has 3 heterocycles. The molecule has 1 saturated carbocycles. The molecule has 3 aromatic heterocycles. The molecule has 2 amide bonds.